The van der Waals surface area contributed by atoms with Crippen LogP contribution >= 0.6 is 0 Å². The Hall–Kier alpha value is -3.68. The summed E-state index contributed by atoms with van der Waals surface area (Å²) in [5.41, 5.74) is 2.97. The fourth-order valence-corrected chi connectivity index (χ4v) is 3.35. The number of nitrogens with zero attached hydrogens (tertiary/aromatic N) is 5. The molecule has 2 heterocycles. The van der Waals surface area contributed by atoms with Gasteiger partial charge in [0.1, 0.15) is 0 Å². The lowest BCUT2D eigenvalue weighted by Gasteiger charge is -2.20. The van der Waals surface area contributed by atoms with Crippen LogP contribution in [0.3, 0.4) is 0 Å². The molecule has 1 aliphatic rings. The number of hydrogen-bond acceptors (Lipinski definition) is 5. The van der Waals surface area contributed by atoms with Gasteiger partial charge in [0.25, 0.3) is 0 Å². The van der Waals surface area contributed by atoms with Crippen LogP contribution in [0.4, 0.5) is 0 Å². The van der Waals surface area contributed by atoms with Gasteiger partial charge in [-0.05, 0) is 30.2 Å². The van der Waals surface area contributed by atoms with Gasteiger partial charge in [-0.3, -0.25) is 4.79 Å². The molecule has 0 saturated heterocycles. The number of rotatable bonds is 3. The van der Waals surface area contributed by atoms with Crippen molar-refractivity contribution in [2.24, 2.45) is 5.10 Å². The number of nitrogen functional groups attached to an aromatic ring is 1. The summed E-state index contributed by atoms with van der Waals surface area (Å²) in [5, 5.41) is 10.2. The summed E-state index contributed by atoms with van der Waals surface area (Å²) < 4.78 is 2.26. The number of nitrogens with two attached hydrogens (primary N) is 1. The topological polar surface area (TPSA) is 98.5 Å². The summed E-state index contributed by atoms with van der Waals surface area (Å²) in [5.74, 6) is 5.97. The molecule has 2 N–H and O–H groups in total. The second-order valence-corrected chi connectivity index (χ2v) is 6.70. The van der Waals surface area contributed by atoms with E-state index in [-0.39, 0.29) is 11.9 Å². The molecule has 28 heavy (non-hydrogen) atoms. The average Bonchev–Trinajstić information content (AvgIpc) is 3.27. The molecule has 8 nitrogen and oxygen atoms in total. The molecule has 2 aromatic carbocycles. The molecular weight excluding hydrogens is 356 g/mol. The van der Waals surface area contributed by atoms with E-state index < -0.39 is 5.69 Å². The number of aromatic nitrogens is 3. The van der Waals surface area contributed by atoms with E-state index in [0.29, 0.717) is 17.9 Å². The van der Waals surface area contributed by atoms with Crippen LogP contribution in [-0.2, 0) is 4.79 Å². The lowest BCUT2D eigenvalue weighted by atomic mass is 9.98. The monoisotopic (exact) mass is 376 g/mol. The smallest absolute Gasteiger partial charge is 0.333 e. The van der Waals surface area contributed by atoms with Crippen molar-refractivity contribution in [3.8, 4) is 5.69 Å². The molecule has 0 fully saturated rings. The van der Waals surface area contributed by atoms with Gasteiger partial charge in [-0.2, -0.15) is 14.5 Å². The first-order valence-electron chi connectivity index (χ1n) is 8.92. The first-order valence-corrected chi connectivity index (χ1v) is 8.92. The number of hydrazone groups is 1. The predicted molar refractivity (Wildman–Crippen MR) is 106 cm³/mol. The Kier molecular flexibility index (Phi) is 4.31. The maximum absolute atomic E-state index is 12.1. The fourth-order valence-electron chi connectivity index (χ4n) is 3.35. The molecule has 1 atom stereocenters. The standard InChI is InChI=1S/C20H20N6O2/c1-13-22-26(20(28)24(13)21)17-10-8-15(9-11-17)18-12-19(25(23-18)14(2)27)16-6-4-3-5-7-16/h3-11,19H,12,21H2,1-2H3. The van der Waals surface area contributed by atoms with Crippen LogP contribution < -0.4 is 11.5 Å². The van der Waals surface area contributed by atoms with Gasteiger partial charge in [-0.15, -0.1) is 5.10 Å². The summed E-state index contributed by atoms with van der Waals surface area (Å²) in [6.45, 7) is 3.18. The zero-order valence-electron chi connectivity index (χ0n) is 15.6. The van der Waals surface area contributed by atoms with Crippen LogP contribution in [0.2, 0.25) is 0 Å². The molecule has 1 aromatic heterocycles. The van der Waals surface area contributed by atoms with Crippen molar-refractivity contribution in [1.82, 2.24) is 19.5 Å². The van der Waals surface area contributed by atoms with Gasteiger partial charge in [0.15, 0.2) is 5.82 Å². The van der Waals surface area contributed by atoms with Crippen molar-refractivity contribution in [1.29, 1.82) is 0 Å². The minimum atomic E-state index is -0.407. The third kappa shape index (κ3) is 2.98. The number of amides is 1. The molecule has 0 saturated carbocycles. The predicted octanol–water partition coefficient (Wildman–Crippen LogP) is 1.75. The molecule has 142 valence electrons. The minimum Gasteiger partial charge on any atom is -0.333 e. The van der Waals surface area contributed by atoms with Gasteiger partial charge in [-0.1, -0.05) is 42.5 Å². The molecule has 8 heteroatoms. The molecule has 0 radical (unpaired) electrons. The third-order valence-electron chi connectivity index (χ3n) is 4.84. The van der Waals surface area contributed by atoms with E-state index in [2.05, 4.69) is 10.2 Å². The highest BCUT2D eigenvalue weighted by molar-refractivity contribution is 6.03. The lowest BCUT2D eigenvalue weighted by Crippen LogP contribution is -2.29. The summed E-state index contributed by atoms with van der Waals surface area (Å²) in [7, 11) is 0. The van der Waals surface area contributed by atoms with Gasteiger partial charge >= 0.3 is 5.69 Å². The maximum Gasteiger partial charge on any atom is 0.369 e. The second kappa shape index (κ2) is 6.80. The molecule has 1 aliphatic heterocycles. The highest BCUT2D eigenvalue weighted by Crippen LogP contribution is 2.32. The van der Waals surface area contributed by atoms with Crippen LogP contribution in [0.1, 0.15) is 36.3 Å². The molecule has 0 bridgehead atoms. The summed E-state index contributed by atoms with van der Waals surface area (Å²) >= 11 is 0. The Morgan fingerprint density at radius 1 is 1.11 bits per heavy atom. The molecule has 1 unspecified atom stereocenters. The first kappa shape index (κ1) is 17.7. The van der Waals surface area contributed by atoms with Gasteiger partial charge in [-0.25, -0.2) is 9.80 Å². The van der Waals surface area contributed by atoms with E-state index in [9.17, 15) is 9.59 Å². The van der Waals surface area contributed by atoms with Crippen LogP contribution in [0.15, 0.2) is 64.5 Å². The molecule has 0 spiro atoms. The number of carbonyl (C=O) groups is 1. The minimum absolute atomic E-state index is 0.101. The average molecular weight is 376 g/mol. The summed E-state index contributed by atoms with van der Waals surface area (Å²) in [6, 6.07) is 17.1. The Balaban J connectivity index is 1.64. The van der Waals surface area contributed by atoms with E-state index >= 15 is 0 Å². The zero-order valence-corrected chi connectivity index (χ0v) is 15.6. The highest BCUT2D eigenvalue weighted by atomic mass is 16.2. The third-order valence-corrected chi connectivity index (χ3v) is 4.84. The van der Waals surface area contributed by atoms with Gasteiger partial charge in [0.05, 0.1) is 17.4 Å². The SMILES string of the molecule is CC(=O)N1N=C(c2ccc(-n3nc(C)n(N)c3=O)cc2)CC1c1ccccc1. The van der Waals surface area contributed by atoms with Crippen LogP contribution in [0.5, 0.6) is 0 Å². The van der Waals surface area contributed by atoms with Gasteiger partial charge in [0.2, 0.25) is 5.91 Å². The Bertz CT molecular complexity index is 1110. The van der Waals surface area contributed by atoms with Crippen molar-refractivity contribution < 1.29 is 4.79 Å². The lowest BCUT2D eigenvalue weighted by molar-refractivity contribution is -0.130. The second-order valence-electron chi connectivity index (χ2n) is 6.70. The molecular formula is C20H20N6O2. The number of aryl methyl sites for hydroxylation is 1. The van der Waals surface area contributed by atoms with Crippen molar-refractivity contribution in [2.75, 3.05) is 5.84 Å². The zero-order chi connectivity index (χ0) is 19.8. The Labute approximate surface area is 161 Å². The summed E-state index contributed by atoms with van der Waals surface area (Å²) in [4.78, 5) is 24.2. The van der Waals surface area contributed by atoms with E-state index in [1.165, 1.54) is 16.6 Å². The summed E-state index contributed by atoms with van der Waals surface area (Å²) in [6.07, 6.45) is 0.624. The molecule has 1 amide bonds. The van der Waals surface area contributed by atoms with E-state index in [4.69, 9.17) is 5.84 Å². The highest BCUT2D eigenvalue weighted by Gasteiger charge is 2.31. The van der Waals surface area contributed by atoms with Crippen molar-refractivity contribution in [3.05, 3.63) is 82.0 Å². The van der Waals surface area contributed by atoms with E-state index in [0.717, 1.165) is 21.5 Å². The quantitative estimate of drug-likeness (QED) is 0.704. The van der Waals surface area contributed by atoms with Crippen molar-refractivity contribution in [3.63, 3.8) is 0 Å². The molecule has 0 aliphatic carbocycles. The first-order chi connectivity index (χ1) is 13.5. The van der Waals surface area contributed by atoms with E-state index in [1.54, 1.807) is 19.1 Å². The Morgan fingerprint density at radius 3 is 2.36 bits per heavy atom. The molecule has 3 aromatic rings. The van der Waals surface area contributed by atoms with Crippen LogP contribution in [-0.4, -0.2) is 31.1 Å². The number of hydrogen-bond donors (Lipinski definition) is 1. The fraction of sp³-hybridized carbons (Fsp3) is 0.200. The number of carbonyl (C=O) groups excluding carboxylic acids is 1. The Morgan fingerprint density at radius 2 is 1.79 bits per heavy atom. The normalized spacial score (nSPS) is 16.3. The van der Waals surface area contributed by atoms with Gasteiger partial charge < -0.3 is 5.84 Å². The largest absolute Gasteiger partial charge is 0.369 e. The van der Waals surface area contributed by atoms with Crippen LogP contribution in [0, 0.1) is 6.92 Å². The van der Waals surface area contributed by atoms with Crippen molar-refractivity contribution in [2.45, 2.75) is 26.3 Å². The van der Waals surface area contributed by atoms with E-state index in [1.807, 2.05) is 42.5 Å². The van der Waals surface area contributed by atoms with Crippen molar-refractivity contribution >= 4 is 11.6 Å². The van der Waals surface area contributed by atoms with Crippen LogP contribution in [0.25, 0.3) is 5.69 Å². The molecule has 4 rings (SSSR count). The van der Waals surface area contributed by atoms with Gasteiger partial charge in [0, 0.05) is 13.3 Å². The maximum atomic E-state index is 12.1. The number of benzene rings is 2.